The van der Waals surface area contributed by atoms with E-state index in [1.807, 2.05) is 13.8 Å². The summed E-state index contributed by atoms with van der Waals surface area (Å²) >= 11 is 18.3. The summed E-state index contributed by atoms with van der Waals surface area (Å²) in [5.74, 6) is -0.705. The van der Waals surface area contributed by atoms with Crippen LogP contribution in [0.4, 0.5) is 5.69 Å². The number of hydrogen-bond donors (Lipinski definition) is 1. The van der Waals surface area contributed by atoms with Crippen molar-refractivity contribution in [1.29, 1.82) is 0 Å². The normalized spacial score (nSPS) is 10.7. The van der Waals surface area contributed by atoms with E-state index in [1.165, 1.54) is 4.90 Å². The number of para-hydroxylation sites is 1. The van der Waals surface area contributed by atoms with Crippen molar-refractivity contribution in [2.24, 2.45) is 0 Å². The third kappa shape index (κ3) is 4.61. The van der Waals surface area contributed by atoms with Crippen LogP contribution in [0.2, 0.25) is 15.1 Å². The van der Waals surface area contributed by atoms with Gasteiger partial charge in [-0.3, -0.25) is 9.59 Å². The Bertz CT molecular complexity index is 1090. The third-order valence-corrected chi connectivity index (χ3v) is 5.69. The molecule has 0 radical (unpaired) electrons. The van der Waals surface area contributed by atoms with Gasteiger partial charge >= 0.3 is 0 Å². The number of aromatic nitrogens is 2. The topological polar surface area (TPSA) is 67.2 Å². The van der Waals surface area contributed by atoms with Crippen LogP contribution < -0.4 is 5.32 Å². The Morgan fingerprint density at radius 2 is 1.63 bits per heavy atom. The van der Waals surface area contributed by atoms with Crippen LogP contribution in [0.15, 0.2) is 42.5 Å². The molecule has 156 valence electrons. The minimum Gasteiger partial charge on any atom is -0.332 e. The van der Waals surface area contributed by atoms with E-state index in [-0.39, 0.29) is 12.5 Å². The lowest BCUT2D eigenvalue weighted by molar-refractivity contribution is -0.116. The molecule has 1 N–H and O–H groups in total. The highest BCUT2D eigenvalue weighted by molar-refractivity contribution is 6.39. The minimum absolute atomic E-state index is 0.158. The lowest BCUT2D eigenvalue weighted by Gasteiger charge is -2.18. The second-order valence-corrected chi connectivity index (χ2v) is 7.94. The number of benzene rings is 2. The summed E-state index contributed by atoms with van der Waals surface area (Å²) < 4.78 is 1.72. The largest absolute Gasteiger partial charge is 0.332 e. The molecule has 0 aliphatic heterocycles. The van der Waals surface area contributed by atoms with Crippen molar-refractivity contribution in [3.63, 3.8) is 0 Å². The van der Waals surface area contributed by atoms with Gasteiger partial charge in [-0.2, -0.15) is 5.10 Å². The van der Waals surface area contributed by atoms with E-state index in [0.29, 0.717) is 26.3 Å². The van der Waals surface area contributed by atoms with E-state index < -0.39 is 5.91 Å². The van der Waals surface area contributed by atoms with Gasteiger partial charge in [0.15, 0.2) is 0 Å². The van der Waals surface area contributed by atoms with E-state index in [2.05, 4.69) is 10.4 Å². The van der Waals surface area contributed by atoms with Crippen LogP contribution in [0.5, 0.6) is 0 Å². The molecule has 0 bridgehead atoms. The predicted octanol–water partition coefficient (Wildman–Crippen LogP) is 5.16. The van der Waals surface area contributed by atoms with E-state index in [9.17, 15) is 9.59 Å². The molecule has 0 atom stereocenters. The molecule has 0 spiro atoms. The molecule has 1 aromatic heterocycles. The number of hydrogen-bond acceptors (Lipinski definition) is 3. The standard InChI is InChI=1S/C21H19Cl3N4O2/c1-12-19(24)13(2)28(26-12)15-9-7-14(8-10-15)21(30)27(3)11-18(29)25-20-16(22)5-4-6-17(20)23/h4-10H,11H2,1-3H3,(H,25,29). The number of halogens is 3. The number of nitrogens with one attached hydrogen (secondary N) is 1. The lowest BCUT2D eigenvalue weighted by atomic mass is 10.2. The van der Waals surface area contributed by atoms with Gasteiger partial charge in [-0.05, 0) is 50.2 Å². The van der Waals surface area contributed by atoms with Crippen molar-refractivity contribution in [3.8, 4) is 5.69 Å². The van der Waals surface area contributed by atoms with Crippen molar-refractivity contribution in [3.05, 3.63) is 74.5 Å². The predicted molar refractivity (Wildman–Crippen MR) is 120 cm³/mol. The first-order chi connectivity index (χ1) is 14.2. The van der Waals surface area contributed by atoms with Crippen LogP contribution in [0.25, 0.3) is 5.69 Å². The zero-order chi connectivity index (χ0) is 22.0. The summed E-state index contributed by atoms with van der Waals surface area (Å²) in [4.78, 5) is 26.3. The number of anilines is 1. The quantitative estimate of drug-likeness (QED) is 0.566. The number of rotatable bonds is 5. The number of amides is 2. The molecule has 2 amide bonds. The SMILES string of the molecule is Cc1nn(-c2ccc(C(=O)N(C)CC(=O)Nc3c(Cl)cccc3Cl)cc2)c(C)c1Cl. The number of nitrogens with zero attached hydrogens (tertiary/aromatic N) is 3. The van der Waals surface area contributed by atoms with Crippen molar-refractivity contribution in [2.75, 3.05) is 18.9 Å². The molecule has 0 saturated heterocycles. The smallest absolute Gasteiger partial charge is 0.254 e. The molecule has 0 unspecified atom stereocenters. The van der Waals surface area contributed by atoms with Gasteiger partial charge in [0, 0.05) is 12.6 Å². The highest BCUT2D eigenvalue weighted by Gasteiger charge is 2.17. The first-order valence-corrected chi connectivity index (χ1v) is 10.1. The molecule has 3 aromatic rings. The fourth-order valence-corrected chi connectivity index (χ4v) is 3.53. The molecule has 30 heavy (non-hydrogen) atoms. The van der Waals surface area contributed by atoms with Gasteiger partial charge in [-0.1, -0.05) is 40.9 Å². The fraction of sp³-hybridized carbons (Fsp3) is 0.190. The minimum atomic E-state index is -0.408. The van der Waals surface area contributed by atoms with Gasteiger partial charge in [0.2, 0.25) is 5.91 Å². The molecule has 1 heterocycles. The molecular weight excluding hydrogens is 447 g/mol. The van der Waals surface area contributed by atoms with Gasteiger partial charge < -0.3 is 10.2 Å². The summed E-state index contributed by atoms with van der Waals surface area (Å²) in [7, 11) is 1.55. The summed E-state index contributed by atoms with van der Waals surface area (Å²) in [6.45, 7) is 3.55. The maximum atomic E-state index is 12.7. The summed E-state index contributed by atoms with van der Waals surface area (Å²) in [5, 5.41) is 8.30. The Morgan fingerprint density at radius 3 is 2.17 bits per heavy atom. The molecule has 0 aliphatic rings. The van der Waals surface area contributed by atoms with Crippen LogP contribution in [0.1, 0.15) is 21.7 Å². The highest BCUT2D eigenvalue weighted by Crippen LogP contribution is 2.29. The van der Waals surface area contributed by atoms with E-state index in [1.54, 1.807) is 54.2 Å². The molecular formula is C21H19Cl3N4O2. The summed E-state index contributed by atoms with van der Waals surface area (Å²) in [6.07, 6.45) is 0. The van der Waals surface area contributed by atoms with Crippen molar-refractivity contribution < 1.29 is 9.59 Å². The molecule has 9 heteroatoms. The Balaban J connectivity index is 1.68. The van der Waals surface area contributed by atoms with Crippen LogP contribution in [-0.4, -0.2) is 40.1 Å². The first-order valence-electron chi connectivity index (χ1n) is 9.00. The molecule has 6 nitrogen and oxygen atoms in total. The number of aryl methyl sites for hydroxylation is 1. The van der Waals surface area contributed by atoms with Gasteiger partial charge in [0.05, 0.1) is 44.4 Å². The first kappa shape index (κ1) is 22.2. The number of carbonyl (C=O) groups excluding carboxylic acids is 2. The van der Waals surface area contributed by atoms with Crippen LogP contribution in [0, 0.1) is 13.8 Å². The van der Waals surface area contributed by atoms with Gasteiger partial charge in [0.25, 0.3) is 5.91 Å². The second-order valence-electron chi connectivity index (χ2n) is 6.75. The Labute approximate surface area is 189 Å². The third-order valence-electron chi connectivity index (χ3n) is 4.52. The number of carbonyl (C=O) groups is 2. The van der Waals surface area contributed by atoms with E-state index in [0.717, 1.165) is 17.1 Å². The van der Waals surface area contributed by atoms with E-state index >= 15 is 0 Å². The number of likely N-dealkylation sites (N-methyl/N-ethyl adjacent to an activating group) is 1. The lowest BCUT2D eigenvalue weighted by Crippen LogP contribution is -2.35. The zero-order valence-electron chi connectivity index (χ0n) is 16.5. The average molecular weight is 466 g/mol. The van der Waals surface area contributed by atoms with E-state index in [4.69, 9.17) is 34.8 Å². The summed E-state index contributed by atoms with van der Waals surface area (Å²) in [5.41, 5.74) is 3.10. The Kier molecular flexibility index (Phi) is 6.71. The average Bonchev–Trinajstić information content (AvgIpc) is 2.97. The van der Waals surface area contributed by atoms with Gasteiger partial charge in [0.1, 0.15) is 0 Å². The maximum absolute atomic E-state index is 12.7. The maximum Gasteiger partial charge on any atom is 0.254 e. The monoisotopic (exact) mass is 464 g/mol. The highest BCUT2D eigenvalue weighted by atomic mass is 35.5. The van der Waals surface area contributed by atoms with Gasteiger partial charge in [-0.15, -0.1) is 0 Å². The zero-order valence-corrected chi connectivity index (χ0v) is 18.8. The Morgan fingerprint density at radius 1 is 1.03 bits per heavy atom. The van der Waals surface area contributed by atoms with Crippen LogP contribution in [0.3, 0.4) is 0 Å². The molecule has 2 aromatic carbocycles. The molecule has 0 fully saturated rings. The summed E-state index contributed by atoms with van der Waals surface area (Å²) in [6, 6.07) is 11.8. The van der Waals surface area contributed by atoms with Crippen molar-refractivity contribution >= 4 is 52.3 Å². The van der Waals surface area contributed by atoms with Crippen molar-refractivity contribution in [1.82, 2.24) is 14.7 Å². The molecule has 3 rings (SSSR count). The van der Waals surface area contributed by atoms with Crippen molar-refractivity contribution in [2.45, 2.75) is 13.8 Å². The van der Waals surface area contributed by atoms with Crippen LogP contribution >= 0.6 is 34.8 Å². The fourth-order valence-electron chi connectivity index (χ4n) is 2.92. The second kappa shape index (κ2) is 9.08. The Hall–Kier alpha value is -2.54. The molecule has 0 aliphatic carbocycles. The van der Waals surface area contributed by atoms with Crippen LogP contribution in [-0.2, 0) is 4.79 Å². The molecule has 0 saturated carbocycles. The van der Waals surface area contributed by atoms with Gasteiger partial charge in [-0.25, -0.2) is 4.68 Å².